The Bertz CT molecular complexity index is 2690. The number of anilines is 4. The van der Waals surface area contributed by atoms with Gasteiger partial charge in [-0.3, -0.25) is 28.8 Å². The zero-order chi connectivity index (χ0) is 47.5. The molecule has 0 aromatic heterocycles. The number of carboxylic acids is 1. The molecule has 0 fully saturated rings. The fourth-order valence-electron chi connectivity index (χ4n) is 5.98. The maximum Gasteiger partial charge on any atom is 0.339 e. The highest BCUT2D eigenvalue weighted by atomic mass is 16.5. The molecule has 0 saturated heterocycles. The number of phenols is 2. The number of aromatic carboxylic acids is 1. The fourth-order valence-corrected chi connectivity index (χ4v) is 5.98. The first-order valence-electron chi connectivity index (χ1n) is 19.7. The number of carbonyl (C=O) groups excluding carboxylic acids is 6. The van der Waals surface area contributed by atoms with Crippen LogP contribution < -0.4 is 41.8 Å². The Hall–Kier alpha value is -8.92. The lowest BCUT2D eigenvalue weighted by atomic mass is 10.1. The van der Waals surface area contributed by atoms with Crippen LogP contribution in [0.15, 0.2) is 97.1 Å². The van der Waals surface area contributed by atoms with Crippen LogP contribution in [0.4, 0.5) is 22.7 Å². The molecule has 0 aliphatic carbocycles. The van der Waals surface area contributed by atoms with E-state index in [9.17, 15) is 48.9 Å². The smallest absolute Gasteiger partial charge is 0.339 e. The molecule has 1 atom stereocenters. The van der Waals surface area contributed by atoms with Gasteiger partial charge in [0.1, 0.15) is 11.6 Å². The minimum Gasteiger partial charge on any atom is -0.504 e. The van der Waals surface area contributed by atoms with Crippen molar-refractivity contribution in [1.29, 1.82) is 5.26 Å². The fraction of sp³-hybridized carbons (Fsp3) is 0.174. The lowest BCUT2D eigenvalue weighted by molar-refractivity contribution is -0.123. The van der Waals surface area contributed by atoms with Gasteiger partial charge >= 0.3 is 5.97 Å². The molecule has 0 aliphatic heterocycles. The number of hydrogen-bond donors (Lipinski definition) is 9. The molecule has 19 nitrogen and oxygen atoms in total. The summed E-state index contributed by atoms with van der Waals surface area (Å²) in [6.45, 7) is 6.55. The largest absolute Gasteiger partial charge is 0.504 e. The highest BCUT2D eigenvalue weighted by Crippen LogP contribution is 2.41. The highest BCUT2D eigenvalue weighted by Gasteiger charge is 2.27. The van der Waals surface area contributed by atoms with Crippen molar-refractivity contribution in [2.75, 3.05) is 21.3 Å². The summed E-state index contributed by atoms with van der Waals surface area (Å²) < 4.78 is 11.4. The Balaban J connectivity index is 1.25. The van der Waals surface area contributed by atoms with Crippen molar-refractivity contribution in [2.24, 2.45) is 5.73 Å². The normalized spacial score (nSPS) is 11.1. The van der Waals surface area contributed by atoms with Gasteiger partial charge in [-0.1, -0.05) is 0 Å². The summed E-state index contributed by atoms with van der Waals surface area (Å²) in [5.41, 5.74) is 5.94. The van der Waals surface area contributed by atoms with Crippen LogP contribution in [-0.2, 0) is 9.59 Å². The standard InChI is InChI=1S/C46H43N7O12/c1-23(2)64-39-33(19-17-31(37(39)55)44(60)52-34-20-18-32(46(62)63)38(56)40(34)65-24(3)4)51-42(58)27-11-15-30(16-12-27)50-45(61)35(21-36(48)54)53-43(59)28-9-13-29(14-10-28)49-41(57)26-7-5-25(22-47)6-8-26/h5-20,23-24,35,55-56H,21H2,1-4H3,(H2,48,54)(H,49,57)(H,50,61)(H,51,58)(H,52,60)(H,53,59)(H,62,63). The van der Waals surface area contributed by atoms with Gasteiger partial charge in [0, 0.05) is 28.1 Å². The van der Waals surface area contributed by atoms with E-state index in [1.54, 1.807) is 27.7 Å². The molecule has 6 amide bonds. The number of carboxylic acid groups (broad SMARTS) is 1. The van der Waals surface area contributed by atoms with Gasteiger partial charge in [0.2, 0.25) is 11.8 Å². The van der Waals surface area contributed by atoms with Crippen molar-refractivity contribution in [3.05, 3.63) is 130 Å². The first-order valence-corrected chi connectivity index (χ1v) is 19.7. The molecule has 1 unspecified atom stereocenters. The maximum atomic E-state index is 13.4. The number of hydrogen-bond acceptors (Lipinski definition) is 12. The molecule has 0 bridgehead atoms. The topological polar surface area (TPSA) is 309 Å². The number of benzene rings is 5. The minimum absolute atomic E-state index is 0.0186. The van der Waals surface area contributed by atoms with Crippen molar-refractivity contribution in [2.45, 2.75) is 52.4 Å². The average molecular weight is 886 g/mol. The van der Waals surface area contributed by atoms with Gasteiger partial charge in [0.15, 0.2) is 23.0 Å². The number of amides is 6. The second-order valence-corrected chi connectivity index (χ2v) is 14.7. The summed E-state index contributed by atoms with van der Waals surface area (Å²) in [6.07, 6.45) is -1.63. The zero-order valence-corrected chi connectivity index (χ0v) is 35.2. The summed E-state index contributed by atoms with van der Waals surface area (Å²) in [4.78, 5) is 89.3. The van der Waals surface area contributed by atoms with E-state index in [1.807, 2.05) is 6.07 Å². The number of phenolic OH excluding ortho intramolecular Hbond substituents is 1. The third-order valence-corrected chi connectivity index (χ3v) is 9.06. The lowest BCUT2D eigenvalue weighted by Crippen LogP contribution is -2.46. The Kier molecular flexibility index (Phi) is 15.1. The summed E-state index contributed by atoms with van der Waals surface area (Å²) >= 11 is 0. The van der Waals surface area contributed by atoms with E-state index in [-0.39, 0.29) is 45.3 Å². The molecule has 0 heterocycles. The van der Waals surface area contributed by atoms with E-state index in [2.05, 4.69) is 26.6 Å². The van der Waals surface area contributed by atoms with Gasteiger partial charge in [0.05, 0.1) is 47.2 Å². The molecule has 5 aromatic carbocycles. The van der Waals surface area contributed by atoms with E-state index in [1.165, 1.54) is 91.0 Å². The monoisotopic (exact) mass is 885 g/mol. The van der Waals surface area contributed by atoms with Crippen LogP contribution >= 0.6 is 0 Å². The molecule has 65 heavy (non-hydrogen) atoms. The number of carbonyl (C=O) groups is 7. The number of ether oxygens (including phenoxy) is 2. The maximum absolute atomic E-state index is 13.4. The molecule has 0 saturated carbocycles. The van der Waals surface area contributed by atoms with Gasteiger partial charge in [0.25, 0.3) is 23.6 Å². The van der Waals surface area contributed by atoms with Gasteiger partial charge in [-0.25, -0.2) is 4.79 Å². The van der Waals surface area contributed by atoms with Gasteiger partial charge in [-0.05, 0) is 125 Å². The van der Waals surface area contributed by atoms with Crippen LogP contribution in [-0.4, -0.2) is 75.0 Å². The molecular formula is C46H43N7O12. The number of primary amides is 1. The molecule has 5 rings (SSSR count). The van der Waals surface area contributed by atoms with Crippen LogP contribution in [0.25, 0.3) is 0 Å². The van der Waals surface area contributed by atoms with Crippen LogP contribution in [0.2, 0.25) is 0 Å². The quantitative estimate of drug-likeness (QED) is 0.0549. The number of nitrogens with zero attached hydrogens (tertiary/aromatic N) is 1. The van der Waals surface area contributed by atoms with Crippen LogP contribution in [0.5, 0.6) is 23.0 Å². The van der Waals surface area contributed by atoms with E-state index in [0.29, 0.717) is 16.8 Å². The first kappa shape index (κ1) is 47.1. The average Bonchev–Trinajstić information content (AvgIpc) is 3.25. The zero-order valence-electron chi connectivity index (χ0n) is 35.2. The van der Waals surface area contributed by atoms with Gasteiger partial charge in [-0.2, -0.15) is 5.26 Å². The summed E-state index contributed by atoms with van der Waals surface area (Å²) in [5, 5.41) is 53.1. The van der Waals surface area contributed by atoms with Gasteiger partial charge in [-0.15, -0.1) is 0 Å². The minimum atomic E-state index is -1.43. The Morgan fingerprint density at radius 1 is 0.585 bits per heavy atom. The molecular weight excluding hydrogens is 843 g/mol. The van der Waals surface area contributed by atoms with Crippen LogP contribution in [0.3, 0.4) is 0 Å². The highest BCUT2D eigenvalue weighted by molar-refractivity contribution is 6.11. The SMILES string of the molecule is CC(C)Oc1c(NC(=O)c2ccc(NC(=O)c3ccc(NC(=O)C(CC(N)=O)NC(=O)c4ccc(NC(=O)c5ccc(C#N)cc5)cc4)cc3)c(OC(C)C)c2O)ccc(C(=O)O)c1O. The molecule has 0 spiro atoms. The summed E-state index contributed by atoms with van der Waals surface area (Å²) in [7, 11) is 0. The van der Waals surface area contributed by atoms with Crippen molar-refractivity contribution >= 4 is 64.2 Å². The second kappa shape index (κ2) is 20.8. The third kappa shape index (κ3) is 12.1. The second-order valence-electron chi connectivity index (χ2n) is 14.7. The molecule has 0 aliphatic rings. The Labute approximate surface area is 371 Å². The van der Waals surface area contributed by atoms with Crippen molar-refractivity contribution < 1.29 is 58.4 Å². The van der Waals surface area contributed by atoms with Crippen LogP contribution in [0, 0.1) is 11.3 Å². The number of nitriles is 1. The van der Waals surface area contributed by atoms with E-state index < -0.39 is 83.1 Å². The first-order chi connectivity index (χ1) is 30.8. The predicted octanol–water partition coefficient (Wildman–Crippen LogP) is 5.61. The number of aromatic hydroxyl groups is 2. The molecule has 19 heteroatoms. The Morgan fingerprint density at radius 3 is 1.49 bits per heavy atom. The number of rotatable bonds is 17. The molecule has 5 aromatic rings. The van der Waals surface area contributed by atoms with Crippen molar-refractivity contribution in [1.82, 2.24) is 5.32 Å². The predicted molar refractivity (Wildman–Crippen MR) is 236 cm³/mol. The van der Waals surface area contributed by atoms with E-state index >= 15 is 0 Å². The summed E-state index contributed by atoms with van der Waals surface area (Å²) in [5.74, 6) is -7.76. The molecule has 10 N–H and O–H groups in total. The molecule has 334 valence electrons. The third-order valence-electron chi connectivity index (χ3n) is 9.06. The van der Waals surface area contributed by atoms with E-state index in [4.69, 9.17) is 20.5 Å². The van der Waals surface area contributed by atoms with E-state index in [0.717, 1.165) is 6.07 Å². The number of nitrogens with one attached hydrogen (secondary N) is 5. The Morgan fingerprint density at radius 2 is 1.02 bits per heavy atom. The lowest BCUT2D eigenvalue weighted by Gasteiger charge is -2.20. The van der Waals surface area contributed by atoms with Gasteiger partial charge < -0.3 is 57.1 Å². The number of nitrogens with two attached hydrogens (primary N) is 1. The van der Waals surface area contributed by atoms with Crippen LogP contribution in [0.1, 0.15) is 91.5 Å². The van der Waals surface area contributed by atoms with Crippen molar-refractivity contribution in [3.8, 4) is 29.1 Å². The molecule has 0 radical (unpaired) electrons. The van der Waals surface area contributed by atoms with Crippen molar-refractivity contribution in [3.63, 3.8) is 0 Å². The summed E-state index contributed by atoms with van der Waals surface area (Å²) in [6, 6.07) is 22.6.